The molecule has 0 saturated heterocycles. The Morgan fingerprint density at radius 2 is 1.87 bits per heavy atom. The van der Waals surface area contributed by atoms with Crippen LogP contribution in [-0.4, -0.2) is 40.2 Å². The maximum absolute atomic E-state index is 13.7. The predicted molar refractivity (Wildman–Crippen MR) is 109 cm³/mol. The van der Waals surface area contributed by atoms with E-state index in [2.05, 4.69) is 21.0 Å². The minimum absolute atomic E-state index is 0.0489. The molecule has 30 heavy (non-hydrogen) atoms. The molecular formula is C21H20BrF3N2O3. The fraction of sp³-hybridized carbons (Fsp3) is 0.333. The second-order valence-corrected chi connectivity index (χ2v) is 8.19. The Bertz CT molecular complexity index is 1000. The molecule has 0 saturated carbocycles. The summed E-state index contributed by atoms with van der Waals surface area (Å²) in [6.07, 6.45) is -5.98. The average Bonchev–Trinajstić information content (AvgIpc) is 3.00. The Balaban J connectivity index is 1.89. The molecule has 1 atom stereocenters. The number of aryl methyl sites for hydroxylation is 3. The average molecular weight is 485 g/mol. The van der Waals surface area contributed by atoms with Gasteiger partial charge >= 0.3 is 6.18 Å². The highest BCUT2D eigenvalue weighted by Crippen LogP contribution is 2.41. The van der Waals surface area contributed by atoms with Crippen LogP contribution in [0.2, 0.25) is 0 Å². The van der Waals surface area contributed by atoms with Gasteiger partial charge in [0.05, 0.1) is 12.1 Å². The van der Waals surface area contributed by atoms with Crippen LogP contribution in [-0.2, 0) is 4.79 Å². The van der Waals surface area contributed by atoms with Crippen molar-refractivity contribution in [1.29, 1.82) is 0 Å². The van der Waals surface area contributed by atoms with Crippen LogP contribution >= 0.6 is 15.9 Å². The summed E-state index contributed by atoms with van der Waals surface area (Å²) in [5.41, 5.74) is -0.613. The Morgan fingerprint density at radius 1 is 1.23 bits per heavy atom. The minimum Gasteiger partial charge on any atom is -0.483 e. The molecule has 1 N–H and O–H groups in total. The fourth-order valence-electron chi connectivity index (χ4n) is 3.45. The van der Waals surface area contributed by atoms with Crippen LogP contribution in [0.4, 0.5) is 13.2 Å². The molecule has 0 aromatic heterocycles. The van der Waals surface area contributed by atoms with Gasteiger partial charge in [-0.05, 0) is 49.6 Å². The molecule has 1 aliphatic heterocycles. The molecule has 2 aromatic carbocycles. The summed E-state index contributed by atoms with van der Waals surface area (Å²) in [6.45, 7) is 4.77. The van der Waals surface area contributed by atoms with Crippen molar-refractivity contribution in [3.63, 3.8) is 0 Å². The van der Waals surface area contributed by atoms with Gasteiger partial charge in [0.25, 0.3) is 11.6 Å². The van der Waals surface area contributed by atoms with E-state index >= 15 is 0 Å². The lowest BCUT2D eigenvalue weighted by atomic mass is 10.0. The van der Waals surface area contributed by atoms with Crippen molar-refractivity contribution in [3.8, 4) is 5.75 Å². The van der Waals surface area contributed by atoms with Crippen molar-refractivity contribution in [1.82, 2.24) is 5.01 Å². The maximum Gasteiger partial charge on any atom is 0.438 e. The van der Waals surface area contributed by atoms with Gasteiger partial charge in [0.15, 0.2) is 6.61 Å². The van der Waals surface area contributed by atoms with E-state index in [0.717, 1.165) is 16.7 Å². The summed E-state index contributed by atoms with van der Waals surface area (Å²) in [6, 6.07) is 10.2. The van der Waals surface area contributed by atoms with Crippen LogP contribution in [0, 0.1) is 20.8 Å². The molecule has 5 nitrogen and oxygen atoms in total. The Labute approximate surface area is 180 Å². The van der Waals surface area contributed by atoms with E-state index in [1.54, 1.807) is 38.1 Å². The second-order valence-electron chi connectivity index (χ2n) is 7.27. The Hall–Kier alpha value is -2.39. The number of rotatable bonds is 4. The van der Waals surface area contributed by atoms with Crippen LogP contribution in [0.15, 0.2) is 46.0 Å². The summed E-state index contributed by atoms with van der Waals surface area (Å²) < 4.78 is 47.2. The minimum atomic E-state index is -5.10. The van der Waals surface area contributed by atoms with E-state index in [-0.39, 0.29) is 10.7 Å². The van der Waals surface area contributed by atoms with Gasteiger partial charge in [0, 0.05) is 4.47 Å². The SMILES string of the molecule is Cc1cc(C)c(OCC(=O)N2N=C(c3cccc(Br)c3)C[C@]2(O)C(F)(F)F)c(C)c1. The number of halogens is 4. The third kappa shape index (κ3) is 4.22. The van der Waals surface area contributed by atoms with Crippen LogP contribution in [0.25, 0.3) is 0 Å². The van der Waals surface area contributed by atoms with Gasteiger partial charge in [0.1, 0.15) is 5.75 Å². The molecule has 9 heteroatoms. The quantitative estimate of drug-likeness (QED) is 0.687. The topological polar surface area (TPSA) is 62.1 Å². The largest absolute Gasteiger partial charge is 0.483 e. The van der Waals surface area contributed by atoms with Gasteiger partial charge in [-0.25, -0.2) is 0 Å². The number of hydrogen-bond donors (Lipinski definition) is 1. The highest BCUT2D eigenvalue weighted by molar-refractivity contribution is 9.10. The first-order valence-electron chi connectivity index (χ1n) is 9.08. The van der Waals surface area contributed by atoms with Gasteiger partial charge in [0.2, 0.25) is 0 Å². The van der Waals surface area contributed by atoms with Gasteiger partial charge in [-0.15, -0.1) is 0 Å². The summed E-state index contributed by atoms with van der Waals surface area (Å²) >= 11 is 3.25. The molecule has 0 spiro atoms. The Kier molecular flexibility index (Phi) is 5.97. The van der Waals surface area contributed by atoms with Crippen molar-refractivity contribution in [2.24, 2.45) is 5.10 Å². The molecule has 1 heterocycles. The molecular weight excluding hydrogens is 465 g/mol. The van der Waals surface area contributed by atoms with Crippen molar-refractivity contribution in [2.45, 2.75) is 39.1 Å². The smallest absolute Gasteiger partial charge is 0.438 e. The predicted octanol–water partition coefficient (Wildman–Crippen LogP) is 4.64. The molecule has 0 bridgehead atoms. The van der Waals surface area contributed by atoms with E-state index in [1.165, 1.54) is 0 Å². The molecule has 0 fully saturated rings. The first-order valence-corrected chi connectivity index (χ1v) is 9.88. The number of ether oxygens (including phenoxy) is 1. The van der Waals surface area contributed by atoms with Gasteiger partial charge < -0.3 is 9.84 Å². The van der Waals surface area contributed by atoms with Gasteiger partial charge in [-0.2, -0.15) is 23.3 Å². The van der Waals surface area contributed by atoms with Crippen molar-refractivity contribution < 1.29 is 27.8 Å². The first kappa shape index (κ1) is 22.3. The number of aliphatic hydroxyl groups is 1. The molecule has 0 radical (unpaired) electrons. The lowest BCUT2D eigenvalue weighted by Gasteiger charge is -2.32. The zero-order chi connectivity index (χ0) is 22.3. The summed E-state index contributed by atoms with van der Waals surface area (Å²) in [4.78, 5) is 12.6. The third-order valence-electron chi connectivity index (χ3n) is 4.78. The molecule has 0 aliphatic carbocycles. The monoisotopic (exact) mass is 484 g/mol. The van der Waals surface area contributed by atoms with E-state index in [1.807, 2.05) is 19.1 Å². The number of hydrazone groups is 1. The molecule has 0 unspecified atom stereocenters. The number of benzene rings is 2. The van der Waals surface area contributed by atoms with E-state index in [9.17, 15) is 23.1 Å². The highest BCUT2D eigenvalue weighted by Gasteiger charge is 2.63. The summed E-state index contributed by atoms with van der Waals surface area (Å²) in [5, 5.41) is 14.3. The highest BCUT2D eigenvalue weighted by atomic mass is 79.9. The van der Waals surface area contributed by atoms with E-state index in [4.69, 9.17) is 4.74 Å². The standard InChI is InChI=1S/C21H20BrF3N2O3/c1-12-7-13(2)19(14(3)8-12)30-11-18(28)27-20(29,21(23,24)25)10-17(26-27)15-5-4-6-16(22)9-15/h4-9,29H,10-11H2,1-3H3/t20-/m0/s1. The maximum atomic E-state index is 13.7. The van der Waals surface area contributed by atoms with Gasteiger partial charge in [-0.1, -0.05) is 45.8 Å². The first-order chi connectivity index (χ1) is 13.9. The van der Waals surface area contributed by atoms with Crippen molar-refractivity contribution in [3.05, 3.63) is 63.1 Å². The molecule has 1 aliphatic rings. The normalized spacial score (nSPS) is 19.1. The number of hydrogen-bond acceptors (Lipinski definition) is 4. The summed E-state index contributed by atoms with van der Waals surface area (Å²) in [7, 11) is 0. The molecule has 160 valence electrons. The van der Waals surface area contributed by atoms with Crippen LogP contribution < -0.4 is 4.74 Å². The molecule has 1 amide bonds. The van der Waals surface area contributed by atoms with Crippen molar-refractivity contribution >= 4 is 27.5 Å². The van der Waals surface area contributed by atoms with Crippen molar-refractivity contribution in [2.75, 3.05) is 6.61 Å². The van der Waals surface area contributed by atoms with E-state index < -0.39 is 30.8 Å². The Morgan fingerprint density at radius 3 is 2.43 bits per heavy atom. The zero-order valence-electron chi connectivity index (χ0n) is 16.5. The van der Waals surface area contributed by atoms with Crippen LogP contribution in [0.3, 0.4) is 0 Å². The number of amides is 1. The molecule has 2 aromatic rings. The molecule has 3 rings (SSSR count). The van der Waals surface area contributed by atoms with Gasteiger partial charge in [-0.3, -0.25) is 4.79 Å². The van der Waals surface area contributed by atoms with E-state index in [0.29, 0.717) is 15.8 Å². The number of alkyl halides is 3. The third-order valence-corrected chi connectivity index (χ3v) is 5.27. The van der Waals surface area contributed by atoms with Crippen LogP contribution in [0.1, 0.15) is 28.7 Å². The number of nitrogens with zero attached hydrogens (tertiary/aromatic N) is 2. The number of carbonyl (C=O) groups excluding carboxylic acids is 1. The fourth-order valence-corrected chi connectivity index (χ4v) is 3.85. The number of carbonyl (C=O) groups is 1. The van der Waals surface area contributed by atoms with Crippen LogP contribution in [0.5, 0.6) is 5.75 Å². The second kappa shape index (κ2) is 8.03. The summed E-state index contributed by atoms with van der Waals surface area (Å²) in [5.74, 6) is -0.681. The zero-order valence-corrected chi connectivity index (χ0v) is 18.1. The lowest BCUT2D eigenvalue weighted by molar-refractivity contribution is -0.302. The lowest BCUT2D eigenvalue weighted by Crippen LogP contribution is -2.57.